The Kier molecular flexibility index (Phi) is 5.88. The van der Waals surface area contributed by atoms with Crippen molar-refractivity contribution in [2.75, 3.05) is 33.4 Å². The molecule has 3 rings (SSSR count). The second-order valence-electron chi connectivity index (χ2n) is 6.57. The summed E-state index contributed by atoms with van der Waals surface area (Å²) < 4.78 is 5.00. The van der Waals surface area contributed by atoms with Gasteiger partial charge in [0.25, 0.3) is 0 Å². The van der Waals surface area contributed by atoms with E-state index in [2.05, 4.69) is 4.90 Å². The highest BCUT2D eigenvalue weighted by molar-refractivity contribution is 5.85. The minimum atomic E-state index is -0.500. The van der Waals surface area contributed by atoms with Crippen molar-refractivity contribution in [3.05, 3.63) is 0 Å². The van der Waals surface area contributed by atoms with Gasteiger partial charge in [0.15, 0.2) is 0 Å². The molecule has 0 radical (unpaired) electrons. The maximum Gasteiger partial charge on any atom is 0.241 e. The molecule has 122 valence electrons. The molecule has 0 aromatic carbocycles. The van der Waals surface area contributed by atoms with E-state index in [4.69, 9.17) is 10.5 Å². The number of likely N-dealkylation sites (tertiary alicyclic amines) is 2. The molecule has 3 aliphatic rings. The molecule has 2 N–H and O–H groups in total. The Labute approximate surface area is 133 Å². The number of hydrogen-bond acceptors (Lipinski definition) is 4. The second-order valence-corrected chi connectivity index (χ2v) is 6.57. The molecule has 2 aliphatic heterocycles. The lowest BCUT2D eigenvalue weighted by molar-refractivity contribution is -0.137. The molecule has 0 spiro atoms. The van der Waals surface area contributed by atoms with Crippen molar-refractivity contribution in [3.8, 4) is 0 Å². The predicted octanol–water partition coefficient (Wildman–Crippen LogP) is 0.857. The molecule has 2 saturated heterocycles. The average Bonchev–Trinajstić information content (AvgIpc) is 3.30. The van der Waals surface area contributed by atoms with E-state index in [1.54, 1.807) is 7.11 Å². The van der Waals surface area contributed by atoms with Crippen molar-refractivity contribution in [2.24, 2.45) is 11.7 Å². The fourth-order valence-electron chi connectivity index (χ4n) is 3.99. The van der Waals surface area contributed by atoms with Crippen LogP contribution < -0.4 is 5.73 Å². The zero-order valence-electron chi connectivity index (χ0n) is 12.9. The van der Waals surface area contributed by atoms with Gasteiger partial charge in [0.1, 0.15) is 6.04 Å². The molecule has 0 aromatic heterocycles. The molecule has 5 nitrogen and oxygen atoms in total. The maximum absolute atomic E-state index is 12.3. The number of carbonyl (C=O) groups excluding carboxylic acids is 1. The first-order valence-electron chi connectivity index (χ1n) is 7.99. The molecule has 3 unspecified atom stereocenters. The summed E-state index contributed by atoms with van der Waals surface area (Å²) in [6.45, 7) is 3.34. The summed E-state index contributed by atoms with van der Waals surface area (Å²) in [4.78, 5) is 17.0. The minimum Gasteiger partial charge on any atom is -0.383 e. The van der Waals surface area contributed by atoms with Gasteiger partial charge in [-0.05, 0) is 44.6 Å². The van der Waals surface area contributed by atoms with Crippen LogP contribution in [0.3, 0.4) is 0 Å². The van der Waals surface area contributed by atoms with E-state index < -0.39 is 6.04 Å². The first kappa shape index (κ1) is 17.0. The number of fused-ring (bicyclic) bond motifs is 1. The summed E-state index contributed by atoms with van der Waals surface area (Å²) in [7, 11) is 1.59. The number of hydrogen-bond donors (Lipinski definition) is 1. The van der Waals surface area contributed by atoms with Crippen LogP contribution in [0, 0.1) is 5.92 Å². The Balaban J connectivity index is 0.00000161. The van der Waals surface area contributed by atoms with Crippen LogP contribution in [0.4, 0.5) is 0 Å². The Morgan fingerprint density at radius 3 is 2.71 bits per heavy atom. The standard InChI is InChI=1S/C15H27N3O2.ClH/c1-20-10-13(16)15(19)17-8-6-14-11(9-17)3-2-7-18(14)12-4-5-12;/h11-14H,2-10,16H2,1H3;1H. The normalized spacial score (nSPS) is 31.2. The largest absolute Gasteiger partial charge is 0.383 e. The summed E-state index contributed by atoms with van der Waals surface area (Å²) in [6.07, 6.45) is 6.42. The first-order chi connectivity index (χ1) is 9.70. The number of amides is 1. The van der Waals surface area contributed by atoms with Gasteiger partial charge in [-0.15, -0.1) is 12.4 Å². The molecular weight excluding hydrogens is 290 g/mol. The van der Waals surface area contributed by atoms with Crippen molar-refractivity contribution in [3.63, 3.8) is 0 Å². The summed E-state index contributed by atoms with van der Waals surface area (Å²) in [5.41, 5.74) is 5.89. The van der Waals surface area contributed by atoms with Crippen LogP contribution in [-0.2, 0) is 9.53 Å². The van der Waals surface area contributed by atoms with Crippen molar-refractivity contribution in [1.82, 2.24) is 9.80 Å². The van der Waals surface area contributed by atoms with Crippen LogP contribution in [-0.4, -0.2) is 67.2 Å². The molecule has 6 heteroatoms. The average molecular weight is 318 g/mol. The first-order valence-corrected chi connectivity index (χ1v) is 7.99. The summed E-state index contributed by atoms with van der Waals surface area (Å²) >= 11 is 0. The number of halogens is 1. The van der Waals surface area contributed by atoms with Crippen LogP contribution in [0.1, 0.15) is 32.1 Å². The van der Waals surface area contributed by atoms with E-state index in [9.17, 15) is 4.79 Å². The molecule has 2 heterocycles. The van der Waals surface area contributed by atoms with Gasteiger partial charge >= 0.3 is 0 Å². The second kappa shape index (κ2) is 7.27. The van der Waals surface area contributed by atoms with Crippen LogP contribution >= 0.6 is 12.4 Å². The molecule has 1 amide bonds. The van der Waals surface area contributed by atoms with E-state index in [0.717, 1.165) is 25.6 Å². The quantitative estimate of drug-likeness (QED) is 0.835. The number of rotatable bonds is 4. The SMILES string of the molecule is COCC(N)C(=O)N1CCC2C(CCCN2C2CC2)C1.Cl. The molecule has 0 bridgehead atoms. The Hall–Kier alpha value is -0.360. The topological polar surface area (TPSA) is 58.8 Å². The van der Waals surface area contributed by atoms with E-state index in [1.165, 1.54) is 32.2 Å². The monoisotopic (exact) mass is 317 g/mol. The van der Waals surface area contributed by atoms with E-state index >= 15 is 0 Å². The number of nitrogens with zero attached hydrogens (tertiary/aromatic N) is 2. The maximum atomic E-state index is 12.3. The van der Waals surface area contributed by atoms with Crippen molar-refractivity contribution >= 4 is 18.3 Å². The van der Waals surface area contributed by atoms with Gasteiger partial charge < -0.3 is 15.4 Å². The van der Waals surface area contributed by atoms with E-state index in [-0.39, 0.29) is 18.3 Å². The van der Waals surface area contributed by atoms with Crippen molar-refractivity contribution < 1.29 is 9.53 Å². The molecule has 3 atom stereocenters. The molecule has 1 saturated carbocycles. The van der Waals surface area contributed by atoms with Gasteiger partial charge in [-0.1, -0.05) is 0 Å². The highest BCUT2D eigenvalue weighted by Crippen LogP contribution is 2.38. The van der Waals surface area contributed by atoms with Crippen LogP contribution in [0.2, 0.25) is 0 Å². The number of carbonyl (C=O) groups is 1. The lowest BCUT2D eigenvalue weighted by atomic mass is 9.83. The Morgan fingerprint density at radius 1 is 1.29 bits per heavy atom. The minimum absolute atomic E-state index is 0. The van der Waals surface area contributed by atoms with E-state index in [1.807, 2.05) is 4.90 Å². The number of methoxy groups -OCH3 is 1. The predicted molar refractivity (Wildman–Crippen MR) is 84.5 cm³/mol. The van der Waals surface area contributed by atoms with Crippen LogP contribution in [0.15, 0.2) is 0 Å². The van der Waals surface area contributed by atoms with Crippen molar-refractivity contribution in [2.45, 2.75) is 50.2 Å². The smallest absolute Gasteiger partial charge is 0.241 e. The zero-order valence-corrected chi connectivity index (χ0v) is 13.7. The lowest BCUT2D eigenvalue weighted by Gasteiger charge is -2.47. The molecule has 0 aromatic rings. The summed E-state index contributed by atoms with van der Waals surface area (Å²) in [5.74, 6) is 0.714. The van der Waals surface area contributed by atoms with Gasteiger partial charge in [0, 0.05) is 32.3 Å². The summed E-state index contributed by atoms with van der Waals surface area (Å²) in [5, 5.41) is 0. The van der Waals surface area contributed by atoms with Gasteiger partial charge in [-0.25, -0.2) is 0 Å². The molecule has 21 heavy (non-hydrogen) atoms. The number of nitrogens with two attached hydrogens (primary N) is 1. The highest BCUT2D eigenvalue weighted by atomic mass is 35.5. The fraction of sp³-hybridized carbons (Fsp3) is 0.933. The number of ether oxygens (including phenoxy) is 1. The highest BCUT2D eigenvalue weighted by Gasteiger charge is 2.42. The molecule has 1 aliphatic carbocycles. The Morgan fingerprint density at radius 2 is 2.05 bits per heavy atom. The zero-order chi connectivity index (χ0) is 14.1. The van der Waals surface area contributed by atoms with Crippen LogP contribution in [0.5, 0.6) is 0 Å². The van der Waals surface area contributed by atoms with Gasteiger partial charge in [-0.2, -0.15) is 0 Å². The van der Waals surface area contributed by atoms with Crippen molar-refractivity contribution in [1.29, 1.82) is 0 Å². The molecular formula is C15H28ClN3O2. The third kappa shape index (κ3) is 3.70. The van der Waals surface area contributed by atoms with E-state index in [0.29, 0.717) is 18.6 Å². The third-order valence-electron chi connectivity index (χ3n) is 5.10. The van der Waals surface area contributed by atoms with Gasteiger partial charge in [0.2, 0.25) is 5.91 Å². The summed E-state index contributed by atoms with van der Waals surface area (Å²) in [6, 6.07) is 1.06. The Bertz CT molecular complexity index is 365. The third-order valence-corrected chi connectivity index (χ3v) is 5.10. The lowest BCUT2D eigenvalue weighted by Crippen LogP contribution is -2.58. The van der Waals surface area contributed by atoms with Gasteiger partial charge in [0.05, 0.1) is 6.61 Å². The van der Waals surface area contributed by atoms with Gasteiger partial charge in [-0.3, -0.25) is 9.69 Å². The fourth-order valence-corrected chi connectivity index (χ4v) is 3.99. The number of piperidine rings is 2. The van der Waals surface area contributed by atoms with Crippen LogP contribution in [0.25, 0.3) is 0 Å². The molecule has 3 fully saturated rings.